The van der Waals surface area contributed by atoms with E-state index in [0.29, 0.717) is 12.1 Å². The summed E-state index contributed by atoms with van der Waals surface area (Å²) in [6.07, 6.45) is 3.84. The predicted octanol–water partition coefficient (Wildman–Crippen LogP) is 3.20. The van der Waals surface area contributed by atoms with Crippen LogP contribution in [0.1, 0.15) is 53.9 Å². The van der Waals surface area contributed by atoms with E-state index >= 15 is 0 Å². The molecule has 0 aliphatic rings. The monoisotopic (exact) mass is 171 g/mol. The molecule has 12 heavy (non-hydrogen) atoms. The molecule has 0 radical (unpaired) electrons. The van der Waals surface area contributed by atoms with Crippen LogP contribution in [0, 0.1) is 5.92 Å². The van der Waals surface area contributed by atoms with Gasteiger partial charge in [-0.3, -0.25) is 0 Å². The van der Waals surface area contributed by atoms with E-state index in [2.05, 4.69) is 39.9 Å². The second-order valence-corrected chi connectivity index (χ2v) is 4.03. The van der Waals surface area contributed by atoms with Gasteiger partial charge in [0.15, 0.2) is 0 Å². The van der Waals surface area contributed by atoms with Crippen LogP contribution in [0.15, 0.2) is 0 Å². The lowest BCUT2D eigenvalue weighted by Gasteiger charge is -2.24. The number of hydrogen-bond donors (Lipinski definition) is 1. The van der Waals surface area contributed by atoms with Gasteiger partial charge in [-0.05, 0) is 26.2 Å². The van der Waals surface area contributed by atoms with Crippen LogP contribution in [0.5, 0.6) is 0 Å². The third-order valence-electron chi connectivity index (χ3n) is 2.77. The third-order valence-corrected chi connectivity index (χ3v) is 2.77. The topological polar surface area (TPSA) is 12.0 Å². The number of nitrogens with one attached hydrogen (secondary N) is 1. The zero-order chi connectivity index (χ0) is 9.56. The fraction of sp³-hybridized carbons (Fsp3) is 1.00. The van der Waals surface area contributed by atoms with Crippen molar-refractivity contribution in [1.82, 2.24) is 5.32 Å². The Morgan fingerprint density at radius 2 is 1.67 bits per heavy atom. The second kappa shape index (κ2) is 6.47. The second-order valence-electron chi connectivity index (χ2n) is 4.03. The van der Waals surface area contributed by atoms with E-state index < -0.39 is 0 Å². The highest BCUT2D eigenvalue weighted by Crippen LogP contribution is 2.08. The molecule has 3 atom stereocenters. The average molecular weight is 171 g/mol. The summed E-state index contributed by atoms with van der Waals surface area (Å²) < 4.78 is 0. The molecule has 1 heteroatoms. The van der Waals surface area contributed by atoms with E-state index in [0.717, 1.165) is 5.92 Å². The molecule has 0 heterocycles. The molecule has 0 fully saturated rings. The molecule has 0 aromatic heterocycles. The molecular weight excluding hydrogens is 146 g/mol. The van der Waals surface area contributed by atoms with Crippen molar-refractivity contribution < 1.29 is 0 Å². The van der Waals surface area contributed by atoms with Crippen LogP contribution in [-0.4, -0.2) is 12.1 Å². The Morgan fingerprint density at radius 3 is 2.08 bits per heavy atom. The van der Waals surface area contributed by atoms with Gasteiger partial charge in [-0.1, -0.05) is 33.6 Å². The smallest absolute Gasteiger partial charge is 0.00667 e. The molecule has 0 saturated heterocycles. The lowest BCUT2D eigenvalue weighted by Crippen LogP contribution is -2.38. The van der Waals surface area contributed by atoms with Crippen molar-refractivity contribution in [1.29, 1.82) is 0 Å². The summed E-state index contributed by atoms with van der Waals surface area (Å²) in [5.41, 5.74) is 0. The quantitative estimate of drug-likeness (QED) is 0.647. The number of hydrogen-bond acceptors (Lipinski definition) is 1. The lowest BCUT2D eigenvalue weighted by atomic mass is 9.99. The highest BCUT2D eigenvalue weighted by molar-refractivity contribution is 4.71. The van der Waals surface area contributed by atoms with Crippen LogP contribution in [-0.2, 0) is 0 Å². The highest BCUT2D eigenvalue weighted by Gasteiger charge is 2.11. The third kappa shape index (κ3) is 4.76. The molecule has 3 unspecified atom stereocenters. The Hall–Kier alpha value is -0.0400. The zero-order valence-electron chi connectivity index (χ0n) is 9.35. The Labute approximate surface area is 77.9 Å². The Bertz CT molecular complexity index is 101. The molecule has 1 nitrogen and oxygen atoms in total. The van der Waals surface area contributed by atoms with Crippen LogP contribution in [0.2, 0.25) is 0 Å². The minimum absolute atomic E-state index is 0.663. The maximum absolute atomic E-state index is 3.63. The summed E-state index contributed by atoms with van der Waals surface area (Å²) in [4.78, 5) is 0. The van der Waals surface area contributed by atoms with Crippen molar-refractivity contribution in [3.8, 4) is 0 Å². The van der Waals surface area contributed by atoms with Crippen LogP contribution >= 0.6 is 0 Å². The molecule has 0 amide bonds. The lowest BCUT2D eigenvalue weighted by molar-refractivity contribution is 0.347. The SMILES string of the molecule is CCCC(C)NC(C)C(C)CC. The largest absolute Gasteiger partial charge is 0.312 e. The molecule has 0 saturated carbocycles. The molecule has 0 aliphatic carbocycles. The van der Waals surface area contributed by atoms with Crippen LogP contribution in [0.4, 0.5) is 0 Å². The maximum atomic E-state index is 3.63. The summed E-state index contributed by atoms with van der Waals surface area (Å²) in [7, 11) is 0. The molecule has 0 spiro atoms. The van der Waals surface area contributed by atoms with Gasteiger partial charge in [0.25, 0.3) is 0 Å². The first-order chi connectivity index (χ1) is 5.61. The van der Waals surface area contributed by atoms with E-state index in [-0.39, 0.29) is 0 Å². The average Bonchev–Trinajstić information content (AvgIpc) is 2.03. The minimum Gasteiger partial charge on any atom is -0.312 e. The number of rotatable bonds is 6. The van der Waals surface area contributed by atoms with Gasteiger partial charge in [-0.2, -0.15) is 0 Å². The van der Waals surface area contributed by atoms with E-state index in [1.165, 1.54) is 19.3 Å². The van der Waals surface area contributed by atoms with E-state index in [4.69, 9.17) is 0 Å². The first-order valence-corrected chi connectivity index (χ1v) is 5.37. The Balaban J connectivity index is 3.59. The van der Waals surface area contributed by atoms with Gasteiger partial charge in [0.05, 0.1) is 0 Å². The van der Waals surface area contributed by atoms with Gasteiger partial charge >= 0.3 is 0 Å². The molecule has 74 valence electrons. The molecule has 0 rings (SSSR count). The fourth-order valence-electron chi connectivity index (χ4n) is 1.48. The van der Waals surface area contributed by atoms with Gasteiger partial charge in [0, 0.05) is 12.1 Å². The van der Waals surface area contributed by atoms with Crippen molar-refractivity contribution in [2.45, 2.75) is 66.0 Å². The highest BCUT2D eigenvalue weighted by atomic mass is 14.9. The first-order valence-electron chi connectivity index (χ1n) is 5.37. The first kappa shape index (κ1) is 12.0. The van der Waals surface area contributed by atoms with Gasteiger partial charge in [-0.25, -0.2) is 0 Å². The summed E-state index contributed by atoms with van der Waals surface area (Å²) in [5, 5.41) is 3.63. The van der Waals surface area contributed by atoms with E-state index in [1.54, 1.807) is 0 Å². The summed E-state index contributed by atoms with van der Waals surface area (Å²) in [6, 6.07) is 1.34. The van der Waals surface area contributed by atoms with Crippen molar-refractivity contribution in [3.05, 3.63) is 0 Å². The molecular formula is C11H25N. The van der Waals surface area contributed by atoms with Crippen molar-refractivity contribution in [2.24, 2.45) is 5.92 Å². The Kier molecular flexibility index (Phi) is 6.45. The zero-order valence-corrected chi connectivity index (χ0v) is 9.35. The van der Waals surface area contributed by atoms with Crippen LogP contribution in [0.25, 0.3) is 0 Å². The van der Waals surface area contributed by atoms with Crippen molar-refractivity contribution in [2.75, 3.05) is 0 Å². The summed E-state index contributed by atoms with van der Waals surface area (Å²) in [6.45, 7) is 11.4. The molecule has 1 N–H and O–H groups in total. The fourth-order valence-corrected chi connectivity index (χ4v) is 1.48. The van der Waals surface area contributed by atoms with E-state index in [9.17, 15) is 0 Å². The van der Waals surface area contributed by atoms with Crippen molar-refractivity contribution >= 4 is 0 Å². The molecule has 0 aromatic carbocycles. The van der Waals surface area contributed by atoms with E-state index in [1.807, 2.05) is 0 Å². The molecule has 0 aromatic rings. The maximum Gasteiger partial charge on any atom is 0.00667 e. The van der Waals surface area contributed by atoms with Gasteiger partial charge < -0.3 is 5.32 Å². The standard InChI is InChI=1S/C11H25N/c1-6-8-10(4)12-11(5)9(3)7-2/h9-12H,6-8H2,1-5H3. The van der Waals surface area contributed by atoms with Crippen LogP contribution < -0.4 is 5.32 Å². The van der Waals surface area contributed by atoms with Crippen molar-refractivity contribution in [3.63, 3.8) is 0 Å². The summed E-state index contributed by atoms with van der Waals surface area (Å²) >= 11 is 0. The summed E-state index contributed by atoms with van der Waals surface area (Å²) in [5.74, 6) is 0.796. The minimum atomic E-state index is 0.663. The predicted molar refractivity (Wildman–Crippen MR) is 56.4 cm³/mol. The molecule has 0 aliphatic heterocycles. The van der Waals surface area contributed by atoms with Gasteiger partial charge in [0.2, 0.25) is 0 Å². The Morgan fingerprint density at radius 1 is 1.08 bits per heavy atom. The van der Waals surface area contributed by atoms with Gasteiger partial charge in [-0.15, -0.1) is 0 Å². The van der Waals surface area contributed by atoms with Gasteiger partial charge in [0.1, 0.15) is 0 Å². The van der Waals surface area contributed by atoms with Crippen LogP contribution in [0.3, 0.4) is 0 Å². The molecule has 0 bridgehead atoms. The normalized spacial score (nSPS) is 18.8.